The summed E-state index contributed by atoms with van der Waals surface area (Å²) in [5.74, 6) is -2.97. The van der Waals surface area contributed by atoms with E-state index >= 15 is 0 Å². The number of nitrogens with one attached hydrogen (secondary N) is 1. The molecule has 0 fully saturated rings. The van der Waals surface area contributed by atoms with E-state index in [1.54, 1.807) is 30.3 Å². The fourth-order valence-electron chi connectivity index (χ4n) is 2.56. The first-order valence-corrected chi connectivity index (χ1v) is 7.88. The minimum Gasteiger partial charge on any atom is -0.478 e. The van der Waals surface area contributed by atoms with Crippen LogP contribution >= 0.6 is 0 Å². The molecule has 26 heavy (non-hydrogen) atoms. The van der Waals surface area contributed by atoms with Gasteiger partial charge in [-0.1, -0.05) is 30.3 Å². The minimum absolute atomic E-state index is 0.172. The summed E-state index contributed by atoms with van der Waals surface area (Å²) in [5.41, 5.74) is 0.611. The number of aliphatic carboxylic acids is 1. The molecule has 142 valence electrons. The molecule has 0 bridgehead atoms. The highest BCUT2D eigenvalue weighted by atomic mass is 16.5. The zero-order valence-corrected chi connectivity index (χ0v) is 13.7. The van der Waals surface area contributed by atoms with E-state index in [2.05, 4.69) is 0 Å². The summed E-state index contributed by atoms with van der Waals surface area (Å²) in [6.07, 6.45) is -6.23. The molecule has 1 aromatic carbocycles. The van der Waals surface area contributed by atoms with Gasteiger partial charge < -0.3 is 35.6 Å². The lowest BCUT2D eigenvalue weighted by atomic mass is 9.93. The van der Waals surface area contributed by atoms with Gasteiger partial charge in [0, 0.05) is 0 Å². The van der Waals surface area contributed by atoms with Gasteiger partial charge in [0.25, 0.3) is 0 Å². The quantitative estimate of drug-likeness (QED) is 0.328. The van der Waals surface area contributed by atoms with E-state index in [0.717, 1.165) is 6.08 Å². The minimum atomic E-state index is -1.85. The number of aliphatic hydroxyl groups excluding tert-OH is 4. The lowest BCUT2D eigenvalue weighted by Gasteiger charge is -2.38. The summed E-state index contributed by atoms with van der Waals surface area (Å²) in [4.78, 5) is 23.6. The molecule has 1 aliphatic rings. The van der Waals surface area contributed by atoms with Crippen LogP contribution < -0.4 is 5.31 Å². The van der Waals surface area contributed by atoms with Crippen molar-refractivity contribution in [1.29, 1.82) is 0 Å². The van der Waals surface area contributed by atoms with Gasteiger partial charge in [0.15, 0.2) is 7.52 Å². The molecule has 1 aromatic rings. The molecule has 9 heteroatoms. The Bertz CT molecular complexity index is 697. The van der Waals surface area contributed by atoms with Gasteiger partial charge in [0.05, 0.1) is 19.1 Å². The first-order chi connectivity index (χ1) is 12.8. The zero-order valence-electron chi connectivity index (χ0n) is 14.7. The SMILES string of the molecule is [2H]N(C(=O)Cc1ccccc1)[C@H]1[C@H]([C@H](O)[C@H](O)CO)OC(C(=O)O)=C[C@@H]1O. The Morgan fingerprint density at radius 1 is 1.27 bits per heavy atom. The number of benzene rings is 1. The van der Waals surface area contributed by atoms with Crippen LogP contribution in [0.4, 0.5) is 0 Å². The molecular weight excluding hydrogens is 346 g/mol. The maximum atomic E-state index is 12.4. The molecule has 0 aliphatic carbocycles. The third-order valence-corrected chi connectivity index (χ3v) is 3.89. The van der Waals surface area contributed by atoms with Crippen molar-refractivity contribution in [3.8, 4) is 0 Å². The van der Waals surface area contributed by atoms with Crippen molar-refractivity contribution in [1.82, 2.24) is 5.31 Å². The molecule has 1 aliphatic heterocycles. The molecule has 0 unspecified atom stereocenters. The summed E-state index contributed by atoms with van der Waals surface area (Å²) in [6.45, 7) is -0.869. The van der Waals surface area contributed by atoms with E-state index in [1.165, 1.54) is 0 Å². The Hall–Kier alpha value is -2.46. The Balaban J connectivity index is 2.28. The third kappa shape index (κ3) is 4.79. The normalized spacial score (nSPS) is 25.3. The van der Waals surface area contributed by atoms with Gasteiger partial charge in [-0.15, -0.1) is 0 Å². The van der Waals surface area contributed by atoms with Crippen molar-refractivity contribution >= 4 is 11.9 Å². The number of aliphatic hydroxyl groups is 4. The van der Waals surface area contributed by atoms with Crippen LogP contribution in [-0.4, -0.2) is 74.5 Å². The van der Waals surface area contributed by atoms with Crippen LogP contribution in [0.2, 0.25) is 1.41 Å². The van der Waals surface area contributed by atoms with Crippen molar-refractivity contribution in [3.63, 3.8) is 0 Å². The Kier molecular flexibility index (Phi) is 6.18. The first kappa shape index (κ1) is 18.3. The van der Waals surface area contributed by atoms with Gasteiger partial charge in [0.1, 0.15) is 18.3 Å². The number of hydrogen-bond acceptors (Lipinski definition) is 7. The summed E-state index contributed by atoms with van der Waals surface area (Å²) in [7, 11) is 0. The predicted molar refractivity (Wildman–Crippen MR) is 87.8 cm³/mol. The monoisotopic (exact) mass is 368 g/mol. The average Bonchev–Trinajstić information content (AvgIpc) is 2.66. The molecule has 0 radical (unpaired) electrons. The molecule has 0 spiro atoms. The highest BCUT2D eigenvalue weighted by Gasteiger charge is 2.43. The molecule has 1 heterocycles. The summed E-state index contributed by atoms with van der Waals surface area (Å²) in [6, 6.07) is 7.02. The number of rotatable bonds is 7. The lowest BCUT2D eigenvalue weighted by Crippen LogP contribution is -2.60. The Morgan fingerprint density at radius 3 is 2.50 bits per heavy atom. The summed E-state index contributed by atoms with van der Waals surface area (Å²) < 4.78 is 13.2. The van der Waals surface area contributed by atoms with Crippen molar-refractivity contribution < 1.29 is 41.3 Å². The number of carbonyl (C=O) groups is 2. The van der Waals surface area contributed by atoms with Crippen LogP contribution in [0.1, 0.15) is 5.56 Å². The first-order valence-electron chi connectivity index (χ1n) is 8.32. The van der Waals surface area contributed by atoms with Crippen LogP contribution in [0, 0.1) is 0 Å². The largest absolute Gasteiger partial charge is 0.478 e. The van der Waals surface area contributed by atoms with Crippen molar-refractivity contribution in [2.45, 2.75) is 36.9 Å². The number of ether oxygens (including phenoxy) is 1. The number of amides is 1. The highest BCUT2D eigenvalue weighted by molar-refractivity contribution is 5.85. The van der Waals surface area contributed by atoms with E-state index in [1.807, 2.05) is 0 Å². The van der Waals surface area contributed by atoms with Gasteiger partial charge in [-0.25, -0.2) is 4.79 Å². The number of carboxylic acid groups (broad SMARTS) is 1. The summed E-state index contributed by atoms with van der Waals surface area (Å²) in [5, 5.41) is 48.6. The molecule has 0 aromatic heterocycles. The Morgan fingerprint density at radius 2 is 1.92 bits per heavy atom. The Labute approximate surface area is 150 Å². The molecule has 9 nitrogen and oxygen atoms in total. The maximum absolute atomic E-state index is 12.4. The molecule has 2 rings (SSSR count). The molecule has 0 saturated heterocycles. The van der Waals surface area contributed by atoms with Crippen molar-refractivity contribution in [3.05, 3.63) is 47.7 Å². The van der Waals surface area contributed by atoms with E-state index in [4.69, 9.17) is 16.4 Å². The van der Waals surface area contributed by atoms with Crippen LogP contribution in [0.3, 0.4) is 0 Å². The van der Waals surface area contributed by atoms with Gasteiger partial charge in [-0.05, 0) is 11.6 Å². The smallest absolute Gasteiger partial charge is 0.370 e. The topological polar surface area (TPSA) is 157 Å². The second-order valence-electron chi connectivity index (χ2n) is 5.83. The third-order valence-electron chi connectivity index (χ3n) is 3.89. The van der Waals surface area contributed by atoms with Crippen LogP contribution in [0.15, 0.2) is 42.2 Å². The van der Waals surface area contributed by atoms with Gasteiger partial charge in [-0.3, -0.25) is 4.79 Å². The van der Waals surface area contributed by atoms with Crippen molar-refractivity contribution in [2.24, 2.45) is 0 Å². The molecule has 0 saturated carbocycles. The standard InChI is InChI=1S/C17H21NO8/c19-8-11(21)15(23)16-14(10(20)7-12(26-16)17(24)25)18-13(22)6-9-4-2-1-3-5-9/h1-5,7,10-11,14-16,19-21,23H,6,8H2,(H,18,22)(H,24,25)/t10-,11+,14+,15+,16+/m0/s1/i/hD. The molecule has 5 atom stereocenters. The van der Waals surface area contributed by atoms with Crippen LogP contribution in [0.5, 0.6) is 0 Å². The molecule has 1 amide bonds. The number of hydrogen-bond donors (Lipinski definition) is 6. The van der Waals surface area contributed by atoms with E-state index in [0.29, 0.717) is 10.9 Å². The fraction of sp³-hybridized carbons (Fsp3) is 0.412. The zero-order chi connectivity index (χ0) is 20.1. The van der Waals surface area contributed by atoms with Gasteiger partial charge >= 0.3 is 5.97 Å². The molecule has 6 N–H and O–H groups in total. The fourth-order valence-corrected chi connectivity index (χ4v) is 2.56. The van der Waals surface area contributed by atoms with E-state index in [-0.39, 0.29) is 6.42 Å². The van der Waals surface area contributed by atoms with Gasteiger partial charge in [0.2, 0.25) is 11.7 Å². The van der Waals surface area contributed by atoms with E-state index in [9.17, 15) is 24.9 Å². The number of carboxylic acids is 1. The predicted octanol–water partition coefficient (Wildman–Crippen LogP) is -1.84. The number of carbonyl (C=O) groups excluding carboxylic acids is 1. The lowest BCUT2D eigenvalue weighted by molar-refractivity contribution is -0.149. The highest BCUT2D eigenvalue weighted by Crippen LogP contribution is 2.23. The molecular formula is C17H21NO8. The van der Waals surface area contributed by atoms with Crippen molar-refractivity contribution in [2.75, 3.05) is 6.61 Å². The maximum Gasteiger partial charge on any atom is 0.370 e. The van der Waals surface area contributed by atoms with Crippen LogP contribution in [-0.2, 0) is 20.7 Å². The summed E-state index contributed by atoms with van der Waals surface area (Å²) >= 11 is 0. The second-order valence-corrected chi connectivity index (χ2v) is 5.83. The van der Waals surface area contributed by atoms with Crippen LogP contribution in [0.25, 0.3) is 0 Å². The second kappa shape index (κ2) is 8.77. The average molecular weight is 368 g/mol. The van der Waals surface area contributed by atoms with E-state index < -0.39 is 54.7 Å². The van der Waals surface area contributed by atoms with Gasteiger partial charge in [-0.2, -0.15) is 0 Å².